The first-order chi connectivity index (χ1) is 8.86. The largest absolute Gasteiger partial charge is 0.381 e. The van der Waals surface area contributed by atoms with Crippen LogP contribution in [0, 0.1) is 15.5 Å². The van der Waals surface area contributed by atoms with E-state index in [1.54, 1.807) is 7.11 Å². The highest BCUT2D eigenvalue weighted by molar-refractivity contribution is 6.33. The Kier molecular flexibility index (Phi) is 3.64. The minimum atomic E-state index is -0.517. The lowest BCUT2D eigenvalue weighted by atomic mass is 9.64. The Bertz CT molecular complexity index is 507. The summed E-state index contributed by atoms with van der Waals surface area (Å²) in [6, 6.07) is 1.49. The predicted molar refractivity (Wildman–Crippen MR) is 72.5 cm³/mol. The van der Waals surface area contributed by atoms with Crippen molar-refractivity contribution in [3.63, 3.8) is 0 Å². The Morgan fingerprint density at radius 2 is 2.32 bits per heavy atom. The maximum absolute atomic E-state index is 10.6. The van der Waals surface area contributed by atoms with Crippen molar-refractivity contribution < 1.29 is 9.66 Å². The van der Waals surface area contributed by atoms with E-state index in [2.05, 4.69) is 24.1 Å². The summed E-state index contributed by atoms with van der Waals surface area (Å²) < 4.78 is 5.37. The Morgan fingerprint density at radius 3 is 2.79 bits per heavy atom. The van der Waals surface area contributed by atoms with E-state index in [0.717, 1.165) is 6.42 Å². The minimum absolute atomic E-state index is 0.0263. The first kappa shape index (κ1) is 14.0. The van der Waals surface area contributed by atoms with Crippen LogP contribution in [0.2, 0.25) is 5.02 Å². The van der Waals surface area contributed by atoms with Gasteiger partial charge < -0.3 is 10.1 Å². The van der Waals surface area contributed by atoms with E-state index in [9.17, 15) is 10.1 Å². The summed E-state index contributed by atoms with van der Waals surface area (Å²) in [5.74, 6) is 0.472. The van der Waals surface area contributed by atoms with Gasteiger partial charge in [-0.1, -0.05) is 25.4 Å². The molecule has 1 N–H and O–H groups in total. The van der Waals surface area contributed by atoms with Crippen molar-refractivity contribution in [3.05, 3.63) is 27.4 Å². The summed E-state index contributed by atoms with van der Waals surface area (Å²) in [5.41, 5.74) is -0.139. The topological polar surface area (TPSA) is 77.3 Å². The number of nitrogens with zero attached hydrogens (tertiary/aromatic N) is 2. The molecule has 0 radical (unpaired) electrons. The fourth-order valence-electron chi connectivity index (χ4n) is 2.33. The molecule has 0 aliphatic heterocycles. The average Bonchev–Trinajstić information content (AvgIpc) is 2.35. The zero-order chi connectivity index (χ0) is 14.2. The highest BCUT2D eigenvalue weighted by Gasteiger charge is 2.48. The van der Waals surface area contributed by atoms with Crippen LogP contribution in [0.1, 0.15) is 20.3 Å². The Hall–Kier alpha value is -1.40. The molecule has 1 aliphatic rings. The van der Waals surface area contributed by atoms with Gasteiger partial charge in [-0.2, -0.15) is 0 Å². The van der Waals surface area contributed by atoms with Crippen LogP contribution in [-0.2, 0) is 4.74 Å². The lowest BCUT2D eigenvalue weighted by Crippen LogP contribution is -2.57. The molecule has 104 valence electrons. The number of pyridine rings is 1. The van der Waals surface area contributed by atoms with Gasteiger partial charge in [-0.15, -0.1) is 0 Å². The van der Waals surface area contributed by atoms with E-state index in [-0.39, 0.29) is 28.3 Å². The van der Waals surface area contributed by atoms with Crippen molar-refractivity contribution in [2.24, 2.45) is 5.41 Å². The van der Waals surface area contributed by atoms with Crippen LogP contribution >= 0.6 is 11.6 Å². The van der Waals surface area contributed by atoms with Crippen molar-refractivity contribution in [1.29, 1.82) is 0 Å². The van der Waals surface area contributed by atoms with Crippen LogP contribution in [0.25, 0.3) is 0 Å². The van der Waals surface area contributed by atoms with Gasteiger partial charge in [0, 0.05) is 24.6 Å². The van der Waals surface area contributed by atoms with Crippen LogP contribution in [0.15, 0.2) is 12.3 Å². The highest BCUT2D eigenvalue weighted by atomic mass is 35.5. The molecule has 19 heavy (non-hydrogen) atoms. The number of aromatic nitrogens is 1. The second kappa shape index (κ2) is 4.94. The second-order valence-corrected chi connectivity index (χ2v) is 5.67. The van der Waals surface area contributed by atoms with Gasteiger partial charge in [0.15, 0.2) is 0 Å². The minimum Gasteiger partial charge on any atom is -0.381 e. The smallest absolute Gasteiger partial charge is 0.289 e. The summed E-state index contributed by atoms with van der Waals surface area (Å²) in [6.45, 7) is 4.20. The number of ether oxygens (including phenoxy) is 1. The van der Waals surface area contributed by atoms with Crippen molar-refractivity contribution >= 4 is 23.1 Å². The average molecular weight is 286 g/mol. The quantitative estimate of drug-likeness (QED) is 0.680. The molecular formula is C12H16ClN3O3. The van der Waals surface area contributed by atoms with Gasteiger partial charge in [0.2, 0.25) is 0 Å². The fourth-order valence-corrected chi connectivity index (χ4v) is 2.54. The molecule has 1 aromatic heterocycles. The van der Waals surface area contributed by atoms with E-state index < -0.39 is 4.92 Å². The van der Waals surface area contributed by atoms with Crippen molar-refractivity contribution in [2.75, 3.05) is 12.4 Å². The number of hydrogen-bond donors (Lipinski definition) is 1. The number of hydrogen-bond acceptors (Lipinski definition) is 5. The monoisotopic (exact) mass is 285 g/mol. The molecule has 0 bridgehead atoms. The number of methoxy groups -OCH3 is 1. The number of anilines is 1. The molecule has 1 saturated carbocycles. The molecule has 2 unspecified atom stereocenters. The predicted octanol–water partition coefficient (Wildman–Crippen LogP) is 2.87. The van der Waals surface area contributed by atoms with Crippen molar-refractivity contribution in [2.45, 2.75) is 32.4 Å². The summed E-state index contributed by atoms with van der Waals surface area (Å²) in [5, 5.41) is 14.1. The van der Waals surface area contributed by atoms with Gasteiger partial charge in [0.1, 0.15) is 12.0 Å². The third kappa shape index (κ3) is 2.50. The third-order valence-corrected chi connectivity index (χ3v) is 4.10. The maximum Gasteiger partial charge on any atom is 0.289 e. The van der Waals surface area contributed by atoms with Gasteiger partial charge in [0.05, 0.1) is 16.0 Å². The summed E-state index contributed by atoms with van der Waals surface area (Å²) in [7, 11) is 1.69. The summed E-state index contributed by atoms with van der Waals surface area (Å²) >= 11 is 6.00. The van der Waals surface area contributed by atoms with Crippen LogP contribution < -0.4 is 5.32 Å². The standard InChI is InChI=1S/C12H16ClN3O3/c1-12(2)9(5-10(12)19-3)15-11-8(13)4-7(6-14-11)16(17)18/h4,6,9-10H,5H2,1-3H3,(H,14,15). The molecule has 0 saturated heterocycles. The summed E-state index contributed by atoms with van der Waals surface area (Å²) in [4.78, 5) is 14.1. The molecule has 1 aliphatic carbocycles. The Morgan fingerprint density at radius 1 is 1.63 bits per heavy atom. The molecule has 0 aromatic carbocycles. The van der Waals surface area contributed by atoms with Crippen LogP contribution in [0.5, 0.6) is 0 Å². The van der Waals surface area contributed by atoms with Gasteiger partial charge in [-0.05, 0) is 6.42 Å². The third-order valence-electron chi connectivity index (χ3n) is 3.81. The number of rotatable bonds is 4. The van der Waals surface area contributed by atoms with Gasteiger partial charge >= 0.3 is 0 Å². The molecule has 2 atom stereocenters. The van der Waals surface area contributed by atoms with Crippen LogP contribution in [-0.4, -0.2) is 29.2 Å². The molecule has 7 heteroatoms. The molecule has 6 nitrogen and oxygen atoms in total. The van der Waals surface area contributed by atoms with Crippen molar-refractivity contribution in [1.82, 2.24) is 4.98 Å². The van der Waals surface area contributed by atoms with Crippen LogP contribution in [0.3, 0.4) is 0 Å². The fraction of sp³-hybridized carbons (Fsp3) is 0.583. The van der Waals surface area contributed by atoms with E-state index in [1.807, 2.05) is 0 Å². The van der Waals surface area contributed by atoms with Crippen LogP contribution in [0.4, 0.5) is 11.5 Å². The molecule has 2 rings (SSSR count). The summed E-state index contributed by atoms with van der Waals surface area (Å²) in [6.07, 6.45) is 2.26. The number of halogens is 1. The molecule has 1 aromatic rings. The van der Waals surface area contributed by atoms with Gasteiger partial charge in [-0.3, -0.25) is 10.1 Å². The van der Waals surface area contributed by atoms with Gasteiger partial charge in [-0.25, -0.2) is 4.98 Å². The first-order valence-electron chi connectivity index (χ1n) is 5.95. The normalized spacial score (nSPS) is 24.6. The lowest BCUT2D eigenvalue weighted by Gasteiger charge is -2.51. The Labute approximate surface area is 116 Å². The van der Waals surface area contributed by atoms with Gasteiger partial charge in [0.25, 0.3) is 5.69 Å². The van der Waals surface area contributed by atoms with Crippen molar-refractivity contribution in [3.8, 4) is 0 Å². The molecule has 1 fully saturated rings. The molecular weight excluding hydrogens is 270 g/mol. The maximum atomic E-state index is 10.6. The zero-order valence-corrected chi connectivity index (χ0v) is 11.8. The van der Waals surface area contributed by atoms with E-state index in [0.29, 0.717) is 5.82 Å². The SMILES string of the molecule is COC1CC(Nc2ncc([N+](=O)[O-])cc2Cl)C1(C)C. The molecule has 0 amide bonds. The second-order valence-electron chi connectivity index (χ2n) is 5.26. The lowest BCUT2D eigenvalue weighted by molar-refractivity contribution is -0.385. The molecule has 1 heterocycles. The highest BCUT2D eigenvalue weighted by Crippen LogP contribution is 2.44. The van der Waals surface area contributed by atoms with E-state index in [1.165, 1.54) is 12.3 Å². The van der Waals surface area contributed by atoms with E-state index >= 15 is 0 Å². The van der Waals surface area contributed by atoms with E-state index in [4.69, 9.17) is 16.3 Å². The number of nitrogens with one attached hydrogen (secondary N) is 1. The zero-order valence-electron chi connectivity index (χ0n) is 11.0. The molecule has 0 spiro atoms. The number of nitro groups is 1. The first-order valence-corrected chi connectivity index (χ1v) is 6.33. The Balaban J connectivity index is 2.11.